The highest BCUT2D eigenvalue weighted by atomic mass is 16.5. The lowest BCUT2D eigenvalue weighted by molar-refractivity contribution is 0.0372. The third-order valence-electron chi connectivity index (χ3n) is 5.88. The van der Waals surface area contributed by atoms with E-state index in [1.54, 1.807) is 0 Å². The van der Waals surface area contributed by atoms with E-state index >= 15 is 0 Å². The normalized spacial score (nSPS) is 20.7. The molecule has 29 heavy (non-hydrogen) atoms. The summed E-state index contributed by atoms with van der Waals surface area (Å²) in [5, 5.41) is 6.84. The first-order chi connectivity index (χ1) is 14.1. The summed E-state index contributed by atoms with van der Waals surface area (Å²) in [5.74, 6) is 1.66. The fourth-order valence-corrected chi connectivity index (χ4v) is 3.78. The molecular weight excluding hydrogens is 364 g/mol. The van der Waals surface area contributed by atoms with E-state index in [4.69, 9.17) is 14.7 Å². The Hall–Kier alpha value is -2.22. The molecule has 4 rings (SSSR count). The van der Waals surface area contributed by atoms with E-state index in [0.29, 0.717) is 0 Å². The number of nitrogens with one attached hydrogen (secondary N) is 2. The van der Waals surface area contributed by atoms with Gasteiger partial charge in [-0.1, -0.05) is 0 Å². The van der Waals surface area contributed by atoms with E-state index in [1.165, 1.54) is 5.69 Å². The molecule has 3 heterocycles. The van der Waals surface area contributed by atoms with E-state index in [1.807, 2.05) is 6.92 Å². The molecule has 0 spiro atoms. The summed E-state index contributed by atoms with van der Waals surface area (Å²) in [6.07, 6.45) is 0.171. The topological polar surface area (TPSA) is 65.6 Å². The van der Waals surface area contributed by atoms with E-state index < -0.39 is 0 Å². The van der Waals surface area contributed by atoms with Gasteiger partial charge in [-0.2, -0.15) is 0 Å². The summed E-state index contributed by atoms with van der Waals surface area (Å²) in [6, 6.07) is 8.65. The minimum atomic E-state index is 0.171. The number of benzene rings is 1. The number of aromatic nitrogens is 2. The maximum atomic E-state index is 5.79. The van der Waals surface area contributed by atoms with E-state index in [-0.39, 0.29) is 6.10 Å². The van der Waals surface area contributed by atoms with Crippen molar-refractivity contribution in [1.29, 1.82) is 0 Å². The zero-order valence-electron chi connectivity index (χ0n) is 17.7. The molecule has 0 saturated carbocycles. The molecule has 1 aromatic heterocycles. The van der Waals surface area contributed by atoms with Crippen LogP contribution in [0.4, 0.5) is 11.5 Å². The van der Waals surface area contributed by atoms with Crippen LogP contribution in [0.3, 0.4) is 0 Å². The van der Waals surface area contributed by atoms with Crippen LogP contribution in [0.1, 0.15) is 11.3 Å². The molecule has 2 saturated heterocycles. The number of morpholine rings is 1. The summed E-state index contributed by atoms with van der Waals surface area (Å²) >= 11 is 0. The van der Waals surface area contributed by atoms with Crippen molar-refractivity contribution in [2.24, 2.45) is 0 Å². The summed E-state index contributed by atoms with van der Waals surface area (Å²) in [7, 11) is 2.18. The number of rotatable bonds is 5. The second kappa shape index (κ2) is 9.07. The molecule has 1 atom stereocenters. The summed E-state index contributed by atoms with van der Waals surface area (Å²) in [6.45, 7) is 11.8. The Bertz CT molecular complexity index is 811. The third kappa shape index (κ3) is 4.86. The highest BCUT2D eigenvalue weighted by molar-refractivity contribution is 5.63. The number of anilines is 2. The largest absolute Gasteiger partial charge is 0.374 e. The van der Waals surface area contributed by atoms with Gasteiger partial charge in [0.2, 0.25) is 0 Å². The van der Waals surface area contributed by atoms with Crippen LogP contribution in [0.5, 0.6) is 0 Å². The molecule has 1 aromatic carbocycles. The smallest absolute Gasteiger partial charge is 0.161 e. The van der Waals surface area contributed by atoms with Crippen molar-refractivity contribution in [3.05, 3.63) is 35.5 Å². The Balaban J connectivity index is 1.48. The average molecular weight is 397 g/mol. The van der Waals surface area contributed by atoms with Gasteiger partial charge in [0.05, 0.1) is 12.7 Å². The van der Waals surface area contributed by atoms with Gasteiger partial charge in [-0.05, 0) is 45.2 Å². The van der Waals surface area contributed by atoms with Crippen LogP contribution in [0.2, 0.25) is 0 Å². The first kappa shape index (κ1) is 20.1. The standard InChI is InChI=1S/C22H32N6O/c1-16-17(2)25-22(26-21(16)24-15-20-14-23-8-13-29-20)18-4-6-19(7-5-18)28-11-9-27(3)10-12-28/h4-7,20,23H,8-15H2,1-3H3,(H,24,25,26). The number of hydrogen-bond acceptors (Lipinski definition) is 7. The number of likely N-dealkylation sites (N-methyl/N-ethyl adjacent to an activating group) is 1. The minimum Gasteiger partial charge on any atom is -0.374 e. The number of hydrogen-bond donors (Lipinski definition) is 2. The van der Waals surface area contributed by atoms with Gasteiger partial charge in [0.25, 0.3) is 0 Å². The molecule has 2 aromatic rings. The van der Waals surface area contributed by atoms with E-state index in [9.17, 15) is 0 Å². The maximum absolute atomic E-state index is 5.79. The second-order valence-electron chi connectivity index (χ2n) is 8.02. The van der Waals surface area contributed by atoms with Crippen LogP contribution >= 0.6 is 0 Å². The van der Waals surface area contributed by atoms with Crippen LogP contribution in [-0.4, -0.2) is 80.4 Å². The quantitative estimate of drug-likeness (QED) is 0.800. The predicted molar refractivity (Wildman–Crippen MR) is 118 cm³/mol. The Morgan fingerprint density at radius 3 is 2.55 bits per heavy atom. The number of nitrogens with zero attached hydrogens (tertiary/aromatic N) is 4. The minimum absolute atomic E-state index is 0.171. The Kier molecular flexibility index (Phi) is 6.28. The fraction of sp³-hybridized carbons (Fsp3) is 0.545. The van der Waals surface area contributed by atoms with Gasteiger partial charge in [0, 0.05) is 68.3 Å². The molecule has 1 unspecified atom stereocenters. The van der Waals surface area contributed by atoms with Crippen LogP contribution in [0.15, 0.2) is 24.3 Å². The van der Waals surface area contributed by atoms with Crippen molar-refractivity contribution in [3.8, 4) is 11.4 Å². The molecule has 2 aliphatic rings. The van der Waals surface area contributed by atoms with Gasteiger partial charge >= 0.3 is 0 Å². The number of piperazine rings is 1. The fourth-order valence-electron chi connectivity index (χ4n) is 3.78. The molecule has 0 bridgehead atoms. The molecule has 7 heteroatoms. The van der Waals surface area contributed by atoms with Crippen molar-refractivity contribution in [2.75, 3.05) is 69.7 Å². The number of ether oxygens (including phenoxy) is 1. The number of aryl methyl sites for hydroxylation is 1. The summed E-state index contributed by atoms with van der Waals surface area (Å²) in [4.78, 5) is 14.4. The monoisotopic (exact) mass is 396 g/mol. The van der Waals surface area contributed by atoms with Crippen molar-refractivity contribution >= 4 is 11.5 Å². The lowest BCUT2D eigenvalue weighted by Gasteiger charge is -2.34. The van der Waals surface area contributed by atoms with Crippen molar-refractivity contribution in [1.82, 2.24) is 20.2 Å². The Morgan fingerprint density at radius 1 is 1.10 bits per heavy atom. The first-order valence-electron chi connectivity index (χ1n) is 10.6. The zero-order valence-corrected chi connectivity index (χ0v) is 17.7. The van der Waals surface area contributed by atoms with Gasteiger partial charge in [-0.25, -0.2) is 9.97 Å². The molecule has 0 amide bonds. The van der Waals surface area contributed by atoms with Crippen molar-refractivity contribution in [2.45, 2.75) is 20.0 Å². The molecule has 0 radical (unpaired) electrons. The van der Waals surface area contributed by atoms with Gasteiger partial charge in [0.15, 0.2) is 5.82 Å². The third-order valence-corrected chi connectivity index (χ3v) is 5.88. The molecular formula is C22H32N6O. The molecule has 2 aliphatic heterocycles. The maximum Gasteiger partial charge on any atom is 0.161 e. The molecule has 7 nitrogen and oxygen atoms in total. The van der Waals surface area contributed by atoms with Crippen LogP contribution < -0.4 is 15.5 Å². The molecule has 156 valence electrons. The SMILES string of the molecule is Cc1nc(-c2ccc(N3CCN(C)CC3)cc2)nc(NCC2CNCCO2)c1C. The van der Waals surface area contributed by atoms with E-state index in [0.717, 1.165) is 80.9 Å². The summed E-state index contributed by atoms with van der Waals surface area (Å²) in [5.41, 5.74) is 4.41. The molecule has 2 N–H and O–H groups in total. The van der Waals surface area contributed by atoms with Gasteiger partial charge in [0.1, 0.15) is 5.82 Å². The highest BCUT2D eigenvalue weighted by Gasteiger charge is 2.17. The summed E-state index contributed by atoms with van der Waals surface area (Å²) < 4.78 is 5.79. The zero-order chi connectivity index (χ0) is 20.2. The average Bonchev–Trinajstić information content (AvgIpc) is 2.76. The second-order valence-corrected chi connectivity index (χ2v) is 8.02. The first-order valence-corrected chi connectivity index (χ1v) is 10.6. The van der Waals surface area contributed by atoms with Gasteiger partial charge < -0.3 is 25.2 Å². The van der Waals surface area contributed by atoms with Gasteiger partial charge in [-0.3, -0.25) is 0 Å². The lowest BCUT2D eigenvalue weighted by Crippen LogP contribution is -2.44. The van der Waals surface area contributed by atoms with Gasteiger partial charge in [-0.15, -0.1) is 0 Å². The van der Waals surface area contributed by atoms with E-state index in [2.05, 4.69) is 58.7 Å². The molecule has 0 aliphatic carbocycles. The van der Waals surface area contributed by atoms with Crippen molar-refractivity contribution in [3.63, 3.8) is 0 Å². The highest BCUT2D eigenvalue weighted by Crippen LogP contribution is 2.25. The van der Waals surface area contributed by atoms with Crippen molar-refractivity contribution < 1.29 is 4.74 Å². The Labute approximate surface area is 173 Å². The predicted octanol–water partition coefficient (Wildman–Crippen LogP) is 1.91. The molecule has 2 fully saturated rings. The Morgan fingerprint density at radius 2 is 1.86 bits per heavy atom. The van der Waals surface area contributed by atoms with Crippen LogP contribution in [0.25, 0.3) is 11.4 Å². The van der Waals surface area contributed by atoms with Crippen LogP contribution in [0, 0.1) is 13.8 Å². The lowest BCUT2D eigenvalue weighted by atomic mass is 10.1. The van der Waals surface area contributed by atoms with Crippen LogP contribution in [-0.2, 0) is 4.74 Å².